The Kier molecular flexibility index (Phi) is 4.50. The Morgan fingerprint density at radius 3 is 2.84 bits per heavy atom. The van der Waals surface area contributed by atoms with Crippen molar-refractivity contribution in [2.24, 2.45) is 4.99 Å². The summed E-state index contributed by atoms with van der Waals surface area (Å²) in [5.41, 5.74) is 4.15. The highest BCUT2D eigenvalue weighted by Gasteiger charge is 2.35. The zero-order chi connectivity index (χ0) is 21.5. The molecule has 4 heterocycles. The van der Waals surface area contributed by atoms with Crippen molar-refractivity contribution in [3.05, 3.63) is 84.2 Å². The van der Waals surface area contributed by atoms with Gasteiger partial charge in [0.1, 0.15) is 11.9 Å². The second kappa shape index (κ2) is 7.65. The number of pyridine rings is 1. The lowest BCUT2D eigenvalue weighted by Gasteiger charge is -2.41. The molecule has 0 fully saturated rings. The first-order chi connectivity index (χ1) is 15.8. The zero-order valence-corrected chi connectivity index (χ0v) is 17.7. The van der Waals surface area contributed by atoms with E-state index >= 15 is 0 Å². The zero-order valence-electron chi connectivity index (χ0n) is 17.7. The Balaban J connectivity index is 1.42. The minimum absolute atomic E-state index is 0.134. The molecule has 1 atom stereocenters. The number of ether oxygens (including phenoxy) is 1. The van der Waals surface area contributed by atoms with Crippen LogP contribution >= 0.6 is 0 Å². The number of aliphatic imine (C=N–C) groups is 1. The molecule has 8 nitrogen and oxygen atoms in total. The van der Waals surface area contributed by atoms with Crippen molar-refractivity contribution >= 4 is 22.9 Å². The number of anilines is 1. The van der Waals surface area contributed by atoms with E-state index in [1.54, 1.807) is 7.11 Å². The van der Waals surface area contributed by atoms with E-state index in [-0.39, 0.29) is 6.17 Å². The normalized spacial score (nSPS) is 18.0. The van der Waals surface area contributed by atoms with Crippen LogP contribution in [-0.4, -0.2) is 45.8 Å². The van der Waals surface area contributed by atoms with E-state index in [1.165, 1.54) is 0 Å². The number of hydrogen-bond donors (Lipinski definition) is 1. The van der Waals surface area contributed by atoms with Crippen molar-refractivity contribution in [1.29, 1.82) is 0 Å². The third kappa shape index (κ3) is 3.16. The molecule has 2 aliphatic heterocycles. The molecule has 0 aliphatic carbocycles. The molecule has 0 spiro atoms. The first-order valence-electron chi connectivity index (χ1n) is 10.6. The number of methoxy groups -OCH3 is 1. The van der Waals surface area contributed by atoms with Crippen molar-refractivity contribution in [2.45, 2.75) is 12.7 Å². The van der Waals surface area contributed by atoms with Crippen molar-refractivity contribution in [1.82, 2.24) is 24.8 Å². The van der Waals surface area contributed by atoms with Gasteiger partial charge in [-0.1, -0.05) is 30.3 Å². The summed E-state index contributed by atoms with van der Waals surface area (Å²) in [4.78, 5) is 18.7. The van der Waals surface area contributed by atoms with Gasteiger partial charge in [0.2, 0.25) is 11.9 Å². The molecule has 2 aromatic carbocycles. The second-order valence-electron chi connectivity index (χ2n) is 7.94. The summed E-state index contributed by atoms with van der Waals surface area (Å²) in [5, 5.41) is 3.64. The molecule has 0 bridgehead atoms. The fourth-order valence-corrected chi connectivity index (χ4v) is 4.37. The summed E-state index contributed by atoms with van der Waals surface area (Å²) in [6, 6.07) is 22.4. The van der Waals surface area contributed by atoms with Gasteiger partial charge in [-0.2, -0.15) is 0 Å². The number of aromatic nitrogens is 3. The molecule has 0 unspecified atom stereocenters. The monoisotopic (exact) mass is 425 g/mol. The molecular formula is C24H23N7O. The van der Waals surface area contributed by atoms with Crippen molar-refractivity contribution < 1.29 is 4.74 Å². The highest BCUT2D eigenvalue weighted by Crippen LogP contribution is 2.34. The van der Waals surface area contributed by atoms with Crippen LogP contribution in [-0.2, 0) is 6.54 Å². The first kappa shape index (κ1) is 18.8. The van der Waals surface area contributed by atoms with Crippen LogP contribution < -0.4 is 15.0 Å². The molecule has 0 saturated carbocycles. The molecule has 8 heteroatoms. The fourth-order valence-electron chi connectivity index (χ4n) is 4.37. The fraction of sp³-hybridized carbons (Fsp3) is 0.208. The molecule has 6 rings (SSSR count). The molecule has 2 aromatic heterocycles. The molecule has 1 N–H and O–H groups in total. The molecule has 0 radical (unpaired) electrons. The van der Waals surface area contributed by atoms with Gasteiger partial charge in [-0.25, -0.2) is 9.98 Å². The number of hydrogen-bond acceptors (Lipinski definition) is 7. The number of para-hydroxylation sites is 2. The van der Waals surface area contributed by atoms with Gasteiger partial charge in [0.25, 0.3) is 0 Å². The minimum Gasteiger partial charge on any atom is -0.497 e. The van der Waals surface area contributed by atoms with E-state index < -0.39 is 0 Å². The van der Waals surface area contributed by atoms with Crippen LogP contribution in [0.15, 0.2) is 77.9 Å². The van der Waals surface area contributed by atoms with Gasteiger partial charge < -0.3 is 10.1 Å². The maximum Gasteiger partial charge on any atom is 0.216 e. The van der Waals surface area contributed by atoms with E-state index in [0.717, 1.165) is 46.5 Å². The Morgan fingerprint density at radius 2 is 1.97 bits per heavy atom. The maximum atomic E-state index is 5.47. The van der Waals surface area contributed by atoms with E-state index in [2.05, 4.69) is 48.9 Å². The summed E-state index contributed by atoms with van der Waals surface area (Å²) in [6.07, 6.45) is 1.69. The summed E-state index contributed by atoms with van der Waals surface area (Å²) < 4.78 is 7.72. The van der Waals surface area contributed by atoms with Crippen LogP contribution in [0.4, 0.5) is 5.95 Å². The quantitative estimate of drug-likeness (QED) is 0.542. The predicted molar refractivity (Wildman–Crippen MR) is 123 cm³/mol. The number of nitrogens with one attached hydrogen (secondary N) is 1. The lowest BCUT2D eigenvalue weighted by molar-refractivity contribution is 0.261. The van der Waals surface area contributed by atoms with Crippen molar-refractivity contribution in [2.75, 3.05) is 25.3 Å². The molecule has 2 aliphatic rings. The smallest absolute Gasteiger partial charge is 0.216 e. The number of rotatable bonds is 4. The minimum atomic E-state index is -0.134. The largest absolute Gasteiger partial charge is 0.497 e. The number of nitrogens with zero attached hydrogens (tertiary/aromatic N) is 6. The summed E-state index contributed by atoms with van der Waals surface area (Å²) in [5.74, 6) is 2.53. The van der Waals surface area contributed by atoms with Crippen LogP contribution in [0.1, 0.15) is 17.4 Å². The van der Waals surface area contributed by atoms with Gasteiger partial charge in [-0.15, -0.1) is 0 Å². The molecule has 4 aromatic rings. The number of fused-ring (bicyclic) bond motifs is 5. The van der Waals surface area contributed by atoms with Gasteiger partial charge in [0.15, 0.2) is 0 Å². The Hall–Kier alpha value is -3.91. The third-order valence-corrected chi connectivity index (χ3v) is 5.88. The van der Waals surface area contributed by atoms with Gasteiger partial charge in [-0.05, 0) is 42.0 Å². The van der Waals surface area contributed by atoms with E-state index in [4.69, 9.17) is 14.7 Å². The predicted octanol–water partition coefficient (Wildman–Crippen LogP) is 3.18. The van der Waals surface area contributed by atoms with Gasteiger partial charge in [0.05, 0.1) is 37.2 Å². The number of benzene rings is 2. The summed E-state index contributed by atoms with van der Waals surface area (Å²) in [6.45, 7) is 2.00. The van der Waals surface area contributed by atoms with Gasteiger partial charge in [0, 0.05) is 12.7 Å². The average Bonchev–Trinajstić information content (AvgIpc) is 3.24. The van der Waals surface area contributed by atoms with Crippen LogP contribution in [0.2, 0.25) is 0 Å². The van der Waals surface area contributed by atoms with E-state index in [9.17, 15) is 0 Å². The van der Waals surface area contributed by atoms with Crippen LogP contribution in [0.3, 0.4) is 0 Å². The standard InChI is InChI=1S/C24H23N7O/c1-32-19-9-6-7-17(13-19)22-28-23-26-15-29(14-18-8-4-5-12-25-18)16-30(23)24-27-20-10-2-3-11-21(20)31(22)24/h2-13,22H,14-16H2,1H3,(H,26,28)/t22-/m0/s1. The molecule has 32 heavy (non-hydrogen) atoms. The summed E-state index contributed by atoms with van der Waals surface area (Å²) in [7, 11) is 1.69. The third-order valence-electron chi connectivity index (χ3n) is 5.88. The Morgan fingerprint density at radius 1 is 1.06 bits per heavy atom. The van der Waals surface area contributed by atoms with Crippen LogP contribution in [0.5, 0.6) is 5.75 Å². The topological polar surface area (TPSA) is 70.8 Å². The molecule has 160 valence electrons. The number of imidazole rings is 1. The molecule has 0 saturated heterocycles. The first-order valence-corrected chi connectivity index (χ1v) is 10.6. The second-order valence-corrected chi connectivity index (χ2v) is 7.94. The SMILES string of the molecule is COc1cccc([C@H]2NC3=NCN(Cc4ccccn4)CN3c3nc4ccccc4n32)c1. The number of guanidine groups is 1. The highest BCUT2D eigenvalue weighted by molar-refractivity contribution is 5.98. The highest BCUT2D eigenvalue weighted by atomic mass is 16.5. The van der Waals surface area contributed by atoms with E-state index in [1.807, 2.05) is 48.7 Å². The maximum absolute atomic E-state index is 5.47. The molecule has 0 amide bonds. The lowest BCUT2D eigenvalue weighted by atomic mass is 10.1. The summed E-state index contributed by atoms with van der Waals surface area (Å²) >= 11 is 0. The van der Waals surface area contributed by atoms with Gasteiger partial charge >= 0.3 is 0 Å². The molecular weight excluding hydrogens is 402 g/mol. The van der Waals surface area contributed by atoms with Crippen LogP contribution in [0.25, 0.3) is 11.0 Å². The average molecular weight is 425 g/mol. The Labute approximate surface area is 185 Å². The Bertz CT molecular complexity index is 1300. The van der Waals surface area contributed by atoms with Crippen molar-refractivity contribution in [3.8, 4) is 5.75 Å². The van der Waals surface area contributed by atoms with Crippen molar-refractivity contribution in [3.63, 3.8) is 0 Å². The lowest BCUT2D eigenvalue weighted by Crippen LogP contribution is -2.57. The van der Waals surface area contributed by atoms with Gasteiger partial charge in [-0.3, -0.25) is 19.4 Å². The van der Waals surface area contributed by atoms with E-state index in [0.29, 0.717) is 13.3 Å². The van der Waals surface area contributed by atoms with Crippen LogP contribution in [0, 0.1) is 0 Å².